The molecule has 6 nitrogen and oxygen atoms in total. The van der Waals surface area contributed by atoms with E-state index in [1.165, 1.54) is 0 Å². The molecule has 0 aliphatic carbocycles. The molecule has 1 aliphatic rings. The van der Waals surface area contributed by atoms with Gasteiger partial charge in [-0.25, -0.2) is 4.79 Å². The molecule has 144 valence electrons. The number of nitrogens with one attached hydrogen (secondary N) is 2. The third-order valence-corrected chi connectivity index (χ3v) is 4.79. The highest BCUT2D eigenvalue weighted by molar-refractivity contribution is 6.30. The van der Waals surface area contributed by atoms with Crippen molar-refractivity contribution in [3.8, 4) is 5.75 Å². The zero-order chi connectivity index (χ0) is 19.1. The van der Waals surface area contributed by atoms with Crippen LogP contribution in [0.1, 0.15) is 11.6 Å². The molecule has 2 amide bonds. The molecular formula is C20H24ClN3O3. The summed E-state index contributed by atoms with van der Waals surface area (Å²) in [7, 11) is 1.66. The van der Waals surface area contributed by atoms with E-state index in [9.17, 15) is 4.79 Å². The number of nitrogens with zero attached hydrogens (tertiary/aromatic N) is 1. The standard InChI is InChI=1S/C20H24ClN3O3/c1-26-19-5-3-2-4-17(19)18(24-10-12-27-13-11-24)14-22-20(25)23-16-8-6-15(21)7-9-16/h2-9,18H,10-14H2,1H3,(H2,22,23,25). The highest BCUT2D eigenvalue weighted by Crippen LogP contribution is 2.29. The molecule has 3 rings (SSSR count). The minimum absolute atomic E-state index is 0.000942. The molecular weight excluding hydrogens is 366 g/mol. The van der Waals surface area contributed by atoms with Crippen LogP contribution in [0.5, 0.6) is 5.75 Å². The van der Waals surface area contributed by atoms with Gasteiger partial charge < -0.3 is 20.1 Å². The maximum absolute atomic E-state index is 12.3. The molecule has 1 aliphatic heterocycles. The van der Waals surface area contributed by atoms with Gasteiger partial charge in [0.2, 0.25) is 0 Å². The monoisotopic (exact) mass is 389 g/mol. The molecule has 1 unspecified atom stereocenters. The van der Waals surface area contributed by atoms with E-state index in [4.69, 9.17) is 21.1 Å². The van der Waals surface area contributed by atoms with E-state index in [-0.39, 0.29) is 12.1 Å². The van der Waals surface area contributed by atoms with Crippen LogP contribution in [-0.4, -0.2) is 50.9 Å². The Morgan fingerprint density at radius 3 is 2.59 bits per heavy atom. The summed E-state index contributed by atoms with van der Waals surface area (Å²) < 4.78 is 11.0. The quantitative estimate of drug-likeness (QED) is 0.793. The fourth-order valence-corrected chi connectivity index (χ4v) is 3.29. The number of halogens is 1. The van der Waals surface area contributed by atoms with Crippen LogP contribution in [0.15, 0.2) is 48.5 Å². The van der Waals surface area contributed by atoms with Gasteiger partial charge in [-0.3, -0.25) is 4.90 Å². The number of anilines is 1. The number of rotatable bonds is 6. The van der Waals surface area contributed by atoms with E-state index in [0.29, 0.717) is 30.5 Å². The summed E-state index contributed by atoms with van der Waals surface area (Å²) in [5, 5.41) is 6.43. The third-order valence-electron chi connectivity index (χ3n) is 4.54. The topological polar surface area (TPSA) is 62.8 Å². The van der Waals surface area contributed by atoms with Crippen molar-refractivity contribution in [3.63, 3.8) is 0 Å². The van der Waals surface area contributed by atoms with E-state index < -0.39 is 0 Å². The van der Waals surface area contributed by atoms with Gasteiger partial charge in [-0.2, -0.15) is 0 Å². The Hall–Kier alpha value is -2.28. The second-order valence-corrected chi connectivity index (χ2v) is 6.68. The highest BCUT2D eigenvalue weighted by Gasteiger charge is 2.25. The average Bonchev–Trinajstić information content (AvgIpc) is 2.71. The van der Waals surface area contributed by atoms with Gasteiger partial charge in [0.15, 0.2) is 0 Å². The van der Waals surface area contributed by atoms with Gasteiger partial charge in [0.1, 0.15) is 5.75 Å². The van der Waals surface area contributed by atoms with Crippen molar-refractivity contribution in [2.75, 3.05) is 45.3 Å². The Labute approximate surface area is 164 Å². The number of morpholine rings is 1. The third kappa shape index (κ3) is 5.35. The second kappa shape index (κ2) is 9.60. The highest BCUT2D eigenvalue weighted by atomic mass is 35.5. The van der Waals surface area contributed by atoms with Crippen LogP contribution in [0.2, 0.25) is 5.02 Å². The number of hydrogen-bond acceptors (Lipinski definition) is 4. The summed E-state index contributed by atoms with van der Waals surface area (Å²) in [6, 6.07) is 14.7. The Morgan fingerprint density at radius 1 is 1.19 bits per heavy atom. The summed E-state index contributed by atoms with van der Waals surface area (Å²) in [5.74, 6) is 0.814. The SMILES string of the molecule is COc1ccccc1C(CNC(=O)Nc1ccc(Cl)cc1)N1CCOCC1. The van der Waals surface area contributed by atoms with Gasteiger partial charge in [-0.15, -0.1) is 0 Å². The maximum Gasteiger partial charge on any atom is 0.319 e. The van der Waals surface area contributed by atoms with E-state index in [1.54, 1.807) is 31.4 Å². The van der Waals surface area contributed by atoms with Crippen molar-refractivity contribution in [1.29, 1.82) is 0 Å². The molecule has 2 aromatic carbocycles. The largest absolute Gasteiger partial charge is 0.496 e. The smallest absolute Gasteiger partial charge is 0.319 e. The number of carbonyl (C=O) groups is 1. The van der Waals surface area contributed by atoms with Crippen molar-refractivity contribution in [1.82, 2.24) is 10.2 Å². The number of hydrogen-bond donors (Lipinski definition) is 2. The number of urea groups is 1. The van der Waals surface area contributed by atoms with Gasteiger partial charge in [0.05, 0.1) is 26.4 Å². The van der Waals surface area contributed by atoms with Crippen LogP contribution < -0.4 is 15.4 Å². The van der Waals surface area contributed by atoms with Crippen molar-refractivity contribution in [3.05, 3.63) is 59.1 Å². The molecule has 0 spiro atoms. The van der Waals surface area contributed by atoms with Crippen LogP contribution in [0.3, 0.4) is 0 Å². The molecule has 0 saturated carbocycles. The summed E-state index contributed by atoms with van der Waals surface area (Å²) >= 11 is 5.88. The predicted octanol–water partition coefficient (Wildman–Crippen LogP) is 3.54. The van der Waals surface area contributed by atoms with E-state index >= 15 is 0 Å². The number of ether oxygens (including phenoxy) is 2. The maximum atomic E-state index is 12.3. The molecule has 0 aromatic heterocycles. The molecule has 0 radical (unpaired) electrons. The molecule has 2 aromatic rings. The Kier molecular flexibility index (Phi) is 6.92. The van der Waals surface area contributed by atoms with Crippen LogP contribution >= 0.6 is 11.6 Å². The lowest BCUT2D eigenvalue weighted by atomic mass is 10.0. The molecule has 0 bridgehead atoms. The first kappa shape index (κ1) is 19.5. The Balaban J connectivity index is 1.69. The minimum Gasteiger partial charge on any atom is -0.496 e. The number of amides is 2. The van der Waals surface area contributed by atoms with Gasteiger partial charge in [0, 0.05) is 35.9 Å². The van der Waals surface area contributed by atoms with Crippen molar-refractivity contribution in [2.45, 2.75) is 6.04 Å². The lowest BCUT2D eigenvalue weighted by molar-refractivity contribution is 0.0163. The number of para-hydroxylation sites is 1. The Bertz CT molecular complexity index is 748. The number of carbonyl (C=O) groups excluding carboxylic acids is 1. The van der Waals surface area contributed by atoms with Gasteiger partial charge >= 0.3 is 6.03 Å². The summed E-state index contributed by atoms with van der Waals surface area (Å²) in [6.07, 6.45) is 0. The first-order chi connectivity index (χ1) is 13.2. The lowest BCUT2D eigenvalue weighted by Crippen LogP contribution is -2.44. The van der Waals surface area contributed by atoms with E-state index in [2.05, 4.69) is 15.5 Å². The molecule has 1 atom stereocenters. The van der Waals surface area contributed by atoms with E-state index in [0.717, 1.165) is 24.4 Å². The van der Waals surface area contributed by atoms with Crippen molar-refractivity contribution >= 4 is 23.3 Å². The molecule has 2 N–H and O–H groups in total. The van der Waals surface area contributed by atoms with Gasteiger partial charge in [0.25, 0.3) is 0 Å². The Morgan fingerprint density at radius 2 is 1.89 bits per heavy atom. The second-order valence-electron chi connectivity index (χ2n) is 6.25. The van der Waals surface area contributed by atoms with Crippen LogP contribution in [-0.2, 0) is 4.74 Å². The van der Waals surface area contributed by atoms with Gasteiger partial charge in [-0.05, 0) is 30.3 Å². The fourth-order valence-electron chi connectivity index (χ4n) is 3.16. The molecule has 7 heteroatoms. The minimum atomic E-state index is -0.259. The van der Waals surface area contributed by atoms with Crippen LogP contribution in [0.25, 0.3) is 0 Å². The molecule has 27 heavy (non-hydrogen) atoms. The van der Waals surface area contributed by atoms with Crippen LogP contribution in [0.4, 0.5) is 10.5 Å². The lowest BCUT2D eigenvalue weighted by Gasteiger charge is -2.35. The van der Waals surface area contributed by atoms with Crippen LogP contribution in [0, 0.1) is 0 Å². The zero-order valence-corrected chi connectivity index (χ0v) is 16.0. The number of methoxy groups -OCH3 is 1. The van der Waals surface area contributed by atoms with Gasteiger partial charge in [-0.1, -0.05) is 29.8 Å². The summed E-state index contributed by atoms with van der Waals surface area (Å²) in [4.78, 5) is 14.7. The predicted molar refractivity (Wildman–Crippen MR) is 107 cm³/mol. The summed E-state index contributed by atoms with van der Waals surface area (Å²) in [5.41, 5.74) is 1.74. The first-order valence-corrected chi connectivity index (χ1v) is 9.30. The van der Waals surface area contributed by atoms with Crippen molar-refractivity contribution in [2.24, 2.45) is 0 Å². The van der Waals surface area contributed by atoms with Crippen molar-refractivity contribution < 1.29 is 14.3 Å². The molecule has 1 heterocycles. The zero-order valence-electron chi connectivity index (χ0n) is 15.3. The molecule has 1 saturated heterocycles. The number of benzene rings is 2. The summed E-state index contributed by atoms with van der Waals surface area (Å²) in [6.45, 7) is 3.44. The fraction of sp³-hybridized carbons (Fsp3) is 0.350. The van der Waals surface area contributed by atoms with E-state index in [1.807, 2.05) is 24.3 Å². The first-order valence-electron chi connectivity index (χ1n) is 8.92. The average molecular weight is 390 g/mol. The molecule has 1 fully saturated rings. The normalized spacial score (nSPS) is 15.8.